The first-order valence-corrected chi connectivity index (χ1v) is 11.8. The third kappa shape index (κ3) is 7.77. The summed E-state index contributed by atoms with van der Waals surface area (Å²) in [5.74, 6) is 0.568. The van der Waals surface area contributed by atoms with Crippen LogP contribution in [0.2, 0.25) is 0 Å². The summed E-state index contributed by atoms with van der Waals surface area (Å²) >= 11 is 0. The lowest BCUT2D eigenvalue weighted by molar-refractivity contribution is 0.0200. The minimum atomic E-state index is -3.37. The predicted octanol–water partition coefficient (Wildman–Crippen LogP) is 2.10. The molecule has 2 atom stereocenters. The smallest absolute Gasteiger partial charge is 0.213 e. The lowest BCUT2D eigenvalue weighted by Crippen LogP contribution is -2.40. The molecule has 1 aliphatic heterocycles. The highest BCUT2D eigenvalue weighted by molar-refractivity contribution is 7.89. The SMILES string of the molecule is CCNC(=NCCS(=O)(=O)NCC1CCCCO1)NC(C)c1ccccc1C. The molecule has 3 N–H and O–H groups in total. The Morgan fingerprint density at radius 3 is 2.79 bits per heavy atom. The molecule has 0 aliphatic carbocycles. The second-order valence-electron chi connectivity index (χ2n) is 7.14. The van der Waals surface area contributed by atoms with Gasteiger partial charge in [0.1, 0.15) is 0 Å². The number of rotatable bonds is 9. The van der Waals surface area contributed by atoms with Crippen molar-refractivity contribution in [2.75, 3.05) is 32.0 Å². The van der Waals surface area contributed by atoms with Crippen molar-refractivity contribution in [3.63, 3.8) is 0 Å². The van der Waals surface area contributed by atoms with E-state index in [1.165, 1.54) is 11.1 Å². The van der Waals surface area contributed by atoms with Gasteiger partial charge in [0.25, 0.3) is 0 Å². The zero-order chi connectivity index (χ0) is 20.4. The number of nitrogens with one attached hydrogen (secondary N) is 3. The number of guanidine groups is 1. The summed E-state index contributed by atoms with van der Waals surface area (Å²) in [7, 11) is -3.37. The molecule has 1 heterocycles. The Morgan fingerprint density at radius 1 is 1.32 bits per heavy atom. The number of nitrogens with zero attached hydrogens (tertiary/aromatic N) is 1. The van der Waals surface area contributed by atoms with Crippen molar-refractivity contribution >= 4 is 16.0 Å². The lowest BCUT2D eigenvalue weighted by atomic mass is 10.0. The van der Waals surface area contributed by atoms with E-state index in [0.29, 0.717) is 25.7 Å². The normalized spacial score (nSPS) is 19.2. The van der Waals surface area contributed by atoms with E-state index >= 15 is 0 Å². The van der Waals surface area contributed by atoms with E-state index in [1.54, 1.807) is 0 Å². The molecule has 1 aromatic rings. The fraction of sp³-hybridized carbons (Fsp3) is 0.650. The van der Waals surface area contributed by atoms with Crippen molar-refractivity contribution in [2.45, 2.75) is 52.2 Å². The van der Waals surface area contributed by atoms with E-state index in [0.717, 1.165) is 19.3 Å². The molecule has 2 rings (SSSR count). The lowest BCUT2D eigenvalue weighted by Gasteiger charge is -2.22. The van der Waals surface area contributed by atoms with Crippen LogP contribution in [0.3, 0.4) is 0 Å². The van der Waals surface area contributed by atoms with Crippen molar-refractivity contribution in [2.24, 2.45) is 4.99 Å². The van der Waals surface area contributed by atoms with E-state index in [-0.39, 0.29) is 24.4 Å². The van der Waals surface area contributed by atoms with Crippen molar-refractivity contribution in [3.8, 4) is 0 Å². The maximum absolute atomic E-state index is 12.2. The standard InChI is InChI=1S/C20H34N4O3S/c1-4-21-20(24-17(3)19-11-6-5-9-16(19)2)22-12-14-28(25,26)23-15-18-10-7-8-13-27-18/h5-6,9,11,17-18,23H,4,7-8,10,12-15H2,1-3H3,(H2,21,22,24). The average Bonchev–Trinajstić information content (AvgIpc) is 2.67. The van der Waals surface area contributed by atoms with E-state index in [2.05, 4.69) is 46.3 Å². The van der Waals surface area contributed by atoms with Crippen LogP contribution < -0.4 is 15.4 Å². The number of benzene rings is 1. The fourth-order valence-electron chi connectivity index (χ4n) is 3.21. The second-order valence-corrected chi connectivity index (χ2v) is 9.07. The highest BCUT2D eigenvalue weighted by Gasteiger charge is 2.17. The van der Waals surface area contributed by atoms with Gasteiger partial charge in [-0.15, -0.1) is 0 Å². The van der Waals surface area contributed by atoms with E-state index in [9.17, 15) is 8.42 Å². The van der Waals surface area contributed by atoms with Crippen LogP contribution in [0.25, 0.3) is 0 Å². The van der Waals surface area contributed by atoms with Gasteiger partial charge in [-0.3, -0.25) is 4.99 Å². The molecule has 28 heavy (non-hydrogen) atoms. The molecule has 158 valence electrons. The third-order valence-electron chi connectivity index (χ3n) is 4.79. The molecule has 0 saturated carbocycles. The van der Waals surface area contributed by atoms with Crippen LogP contribution in [0.1, 0.15) is 50.3 Å². The molecule has 0 aromatic heterocycles. The van der Waals surface area contributed by atoms with Crippen molar-refractivity contribution in [3.05, 3.63) is 35.4 Å². The molecule has 1 aliphatic rings. The number of hydrogen-bond acceptors (Lipinski definition) is 4. The molecule has 0 spiro atoms. The minimum Gasteiger partial charge on any atom is -0.377 e. The number of ether oxygens (including phenoxy) is 1. The zero-order valence-electron chi connectivity index (χ0n) is 17.2. The molecule has 0 radical (unpaired) electrons. The largest absolute Gasteiger partial charge is 0.377 e. The number of sulfonamides is 1. The predicted molar refractivity (Wildman–Crippen MR) is 114 cm³/mol. The van der Waals surface area contributed by atoms with Crippen LogP contribution in [-0.4, -0.2) is 52.5 Å². The van der Waals surface area contributed by atoms with Gasteiger partial charge < -0.3 is 15.4 Å². The van der Waals surface area contributed by atoms with Gasteiger partial charge in [-0.05, 0) is 51.2 Å². The van der Waals surface area contributed by atoms with Crippen LogP contribution >= 0.6 is 0 Å². The van der Waals surface area contributed by atoms with Gasteiger partial charge in [0.2, 0.25) is 10.0 Å². The molecule has 1 aromatic carbocycles. The van der Waals surface area contributed by atoms with Crippen LogP contribution in [0, 0.1) is 6.92 Å². The average molecular weight is 411 g/mol. The monoisotopic (exact) mass is 410 g/mol. The molecule has 0 bridgehead atoms. The van der Waals surface area contributed by atoms with E-state index in [4.69, 9.17) is 4.74 Å². The maximum Gasteiger partial charge on any atom is 0.213 e. The fourth-order valence-corrected chi connectivity index (χ4v) is 4.13. The van der Waals surface area contributed by atoms with Crippen molar-refractivity contribution < 1.29 is 13.2 Å². The molecule has 8 heteroatoms. The van der Waals surface area contributed by atoms with Crippen molar-refractivity contribution in [1.82, 2.24) is 15.4 Å². The van der Waals surface area contributed by atoms with Gasteiger partial charge in [0, 0.05) is 19.7 Å². The maximum atomic E-state index is 12.2. The van der Waals surface area contributed by atoms with Gasteiger partial charge in [0.05, 0.1) is 24.4 Å². The summed E-state index contributed by atoms with van der Waals surface area (Å²) in [6, 6.07) is 8.25. The molecular formula is C20H34N4O3S. The Kier molecular flexibility index (Phi) is 9.21. The van der Waals surface area contributed by atoms with Crippen LogP contribution in [0.5, 0.6) is 0 Å². The molecule has 2 unspecified atom stereocenters. The highest BCUT2D eigenvalue weighted by Crippen LogP contribution is 2.16. The molecule has 7 nitrogen and oxygen atoms in total. The Balaban J connectivity index is 1.86. The molecule has 1 fully saturated rings. The Morgan fingerprint density at radius 2 is 2.11 bits per heavy atom. The summed E-state index contributed by atoms with van der Waals surface area (Å²) in [4.78, 5) is 4.43. The molecule has 0 amide bonds. The van der Waals surface area contributed by atoms with Gasteiger partial charge in [-0.1, -0.05) is 24.3 Å². The number of aryl methyl sites for hydroxylation is 1. The van der Waals surface area contributed by atoms with Crippen LogP contribution in [-0.2, 0) is 14.8 Å². The summed E-state index contributed by atoms with van der Waals surface area (Å²) in [6.07, 6.45) is 3.04. The van der Waals surface area contributed by atoms with Crippen LogP contribution in [0.15, 0.2) is 29.3 Å². The molecular weight excluding hydrogens is 376 g/mol. The minimum absolute atomic E-state index is 0.0130. The van der Waals surface area contributed by atoms with E-state index in [1.807, 2.05) is 19.1 Å². The summed E-state index contributed by atoms with van der Waals surface area (Å²) in [5, 5.41) is 6.52. The second kappa shape index (κ2) is 11.4. The first-order chi connectivity index (χ1) is 13.4. The third-order valence-corrected chi connectivity index (χ3v) is 6.11. The number of hydrogen-bond donors (Lipinski definition) is 3. The Labute approximate surface area is 169 Å². The summed E-state index contributed by atoms with van der Waals surface area (Å²) in [5.41, 5.74) is 2.39. The van der Waals surface area contributed by atoms with Gasteiger partial charge in [-0.2, -0.15) is 0 Å². The van der Waals surface area contributed by atoms with E-state index < -0.39 is 10.0 Å². The quantitative estimate of drug-likeness (QED) is 0.428. The summed E-state index contributed by atoms with van der Waals surface area (Å²) < 4.78 is 32.7. The molecule has 1 saturated heterocycles. The van der Waals surface area contributed by atoms with Crippen LogP contribution in [0.4, 0.5) is 0 Å². The first-order valence-electron chi connectivity index (χ1n) is 10.1. The zero-order valence-corrected chi connectivity index (χ0v) is 18.0. The topological polar surface area (TPSA) is 91.8 Å². The summed E-state index contributed by atoms with van der Waals surface area (Å²) in [6.45, 7) is 8.08. The Hall–Kier alpha value is -1.64. The van der Waals surface area contributed by atoms with Crippen molar-refractivity contribution in [1.29, 1.82) is 0 Å². The van der Waals surface area contributed by atoms with Gasteiger partial charge >= 0.3 is 0 Å². The van der Waals surface area contributed by atoms with Gasteiger partial charge in [0.15, 0.2) is 5.96 Å². The number of aliphatic imine (C=N–C) groups is 1. The highest BCUT2D eigenvalue weighted by atomic mass is 32.2. The first kappa shape index (κ1) is 22.6. The van der Waals surface area contributed by atoms with Gasteiger partial charge in [-0.25, -0.2) is 13.1 Å². The Bertz CT molecular complexity index is 731.